The third-order valence-electron chi connectivity index (χ3n) is 8.14. The van der Waals surface area contributed by atoms with Crippen LogP contribution in [0, 0.1) is 6.92 Å². The zero-order valence-corrected chi connectivity index (χ0v) is 24.6. The summed E-state index contributed by atoms with van der Waals surface area (Å²) in [5.74, 6) is 4.42. The fourth-order valence-electron chi connectivity index (χ4n) is 5.92. The zero-order valence-electron chi connectivity index (χ0n) is 24.6. The van der Waals surface area contributed by atoms with Crippen LogP contribution in [-0.4, -0.2) is 76.5 Å². The number of fused-ring (bicyclic) bond motifs is 2. The van der Waals surface area contributed by atoms with E-state index in [4.69, 9.17) is 23.9 Å². The van der Waals surface area contributed by atoms with Crippen LogP contribution < -0.4 is 24.4 Å². The van der Waals surface area contributed by atoms with Gasteiger partial charge in [0.05, 0.1) is 6.61 Å². The van der Waals surface area contributed by atoms with Crippen molar-refractivity contribution in [1.82, 2.24) is 30.2 Å². The number of nitrogens with zero attached hydrogens (tertiary/aromatic N) is 5. The monoisotopic (exact) mass is 597 g/mol. The molecule has 1 atom stereocenters. The fraction of sp³-hybridized carbons (Fsp3) is 0.375. The molecule has 1 unspecified atom stereocenters. The summed E-state index contributed by atoms with van der Waals surface area (Å²) in [5, 5.41) is 3.14. The summed E-state index contributed by atoms with van der Waals surface area (Å²) in [7, 11) is 0. The van der Waals surface area contributed by atoms with Crippen molar-refractivity contribution in [2.75, 3.05) is 44.7 Å². The number of rotatable bonds is 9. The number of carbonyl (C=O) groups is 1. The molecule has 0 bridgehead atoms. The van der Waals surface area contributed by atoms with Crippen LogP contribution in [0.15, 0.2) is 54.9 Å². The molecule has 4 aromatic rings. The number of hydrogen-bond donors (Lipinski definition) is 2. The van der Waals surface area contributed by atoms with E-state index in [1.54, 1.807) is 12.4 Å². The molecule has 1 amide bonds. The van der Waals surface area contributed by atoms with E-state index in [1.807, 2.05) is 37.3 Å². The minimum absolute atomic E-state index is 0.0185. The van der Waals surface area contributed by atoms with Crippen LogP contribution in [-0.2, 0) is 29.1 Å². The molecule has 12 heteroatoms. The molecule has 2 aromatic carbocycles. The number of aromatic amines is 1. The number of amides is 1. The highest BCUT2D eigenvalue weighted by atomic mass is 16.7. The summed E-state index contributed by atoms with van der Waals surface area (Å²) in [4.78, 5) is 34.8. The minimum atomic E-state index is -0.0276. The Kier molecular flexibility index (Phi) is 7.99. The molecule has 7 rings (SSSR count). The van der Waals surface area contributed by atoms with E-state index in [1.165, 1.54) is 0 Å². The van der Waals surface area contributed by atoms with Gasteiger partial charge in [0.25, 0.3) is 0 Å². The van der Waals surface area contributed by atoms with Crippen molar-refractivity contribution in [1.29, 1.82) is 0 Å². The molecule has 0 aliphatic carbocycles. The van der Waals surface area contributed by atoms with Gasteiger partial charge in [-0.25, -0.2) is 15.0 Å². The first-order valence-electron chi connectivity index (χ1n) is 14.9. The van der Waals surface area contributed by atoms with Crippen molar-refractivity contribution in [2.45, 2.75) is 39.0 Å². The third kappa shape index (κ3) is 6.31. The molecule has 228 valence electrons. The lowest BCUT2D eigenvalue weighted by Crippen LogP contribution is -2.54. The molecule has 2 aromatic heterocycles. The highest BCUT2D eigenvalue weighted by Gasteiger charge is 2.30. The van der Waals surface area contributed by atoms with Gasteiger partial charge in [-0.1, -0.05) is 12.1 Å². The summed E-state index contributed by atoms with van der Waals surface area (Å²) in [6, 6.07) is 14.1. The van der Waals surface area contributed by atoms with Crippen LogP contribution >= 0.6 is 0 Å². The summed E-state index contributed by atoms with van der Waals surface area (Å²) >= 11 is 0. The van der Waals surface area contributed by atoms with Gasteiger partial charge in [0.1, 0.15) is 11.6 Å². The van der Waals surface area contributed by atoms with Gasteiger partial charge in [0.15, 0.2) is 29.9 Å². The first-order valence-corrected chi connectivity index (χ1v) is 14.9. The Hall–Kier alpha value is -4.68. The molecule has 0 radical (unpaired) electrons. The lowest BCUT2D eigenvalue weighted by Gasteiger charge is -2.42. The summed E-state index contributed by atoms with van der Waals surface area (Å²) in [6.45, 7) is 6.49. The highest BCUT2D eigenvalue weighted by molar-refractivity contribution is 5.76. The number of aryl methyl sites for hydroxylation is 1. The highest BCUT2D eigenvalue weighted by Crippen LogP contribution is 2.32. The molecular weight excluding hydrogens is 562 g/mol. The maximum Gasteiger partial charge on any atom is 0.231 e. The molecule has 1 fully saturated rings. The maximum absolute atomic E-state index is 13.3. The number of benzene rings is 2. The molecule has 5 heterocycles. The van der Waals surface area contributed by atoms with Crippen LogP contribution in [0.3, 0.4) is 0 Å². The SMILES string of the molecule is Cc1cc(N2CCN(Cc3ccc4c(c3)COCO4)C(CC(=O)NCCc3ccc4c(c3)OCO4)C2)nc(-c2ncc[nH]2)n1. The smallest absolute Gasteiger partial charge is 0.231 e. The second kappa shape index (κ2) is 12.5. The van der Waals surface area contributed by atoms with Crippen LogP contribution in [0.25, 0.3) is 11.6 Å². The molecule has 44 heavy (non-hydrogen) atoms. The maximum atomic E-state index is 13.3. The Morgan fingerprint density at radius 2 is 1.86 bits per heavy atom. The van der Waals surface area contributed by atoms with Gasteiger partial charge >= 0.3 is 0 Å². The topological polar surface area (TPSA) is 127 Å². The van der Waals surface area contributed by atoms with Gasteiger partial charge in [0.2, 0.25) is 12.7 Å². The lowest BCUT2D eigenvalue weighted by atomic mass is 10.0. The molecule has 3 aliphatic heterocycles. The number of anilines is 1. The third-order valence-corrected chi connectivity index (χ3v) is 8.14. The first kappa shape index (κ1) is 28.1. The van der Waals surface area contributed by atoms with Gasteiger partial charge in [-0.2, -0.15) is 0 Å². The predicted octanol–water partition coefficient (Wildman–Crippen LogP) is 3.21. The normalized spacial score (nSPS) is 17.7. The first-order chi connectivity index (χ1) is 21.6. The number of aromatic nitrogens is 4. The van der Waals surface area contributed by atoms with Crippen molar-refractivity contribution in [2.24, 2.45) is 0 Å². The van der Waals surface area contributed by atoms with E-state index in [2.05, 4.69) is 42.2 Å². The average Bonchev–Trinajstić information content (AvgIpc) is 3.74. The molecule has 1 saturated heterocycles. The van der Waals surface area contributed by atoms with Crippen molar-refractivity contribution in [3.8, 4) is 28.9 Å². The van der Waals surface area contributed by atoms with Crippen molar-refractivity contribution >= 4 is 11.7 Å². The van der Waals surface area contributed by atoms with Crippen molar-refractivity contribution < 1.29 is 23.7 Å². The number of hydrogen-bond acceptors (Lipinski definition) is 10. The molecule has 0 saturated carbocycles. The van der Waals surface area contributed by atoms with E-state index in [0.717, 1.165) is 65.1 Å². The van der Waals surface area contributed by atoms with Gasteiger partial charge in [-0.15, -0.1) is 0 Å². The lowest BCUT2D eigenvalue weighted by molar-refractivity contribution is -0.122. The number of nitrogens with one attached hydrogen (secondary N) is 2. The predicted molar refractivity (Wildman–Crippen MR) is 161 cm³/mol. The molecular formula is C32H35N7O5. The molecule has 2 N–H and O–H groups in total. The molecule has 3 aliphatic rings. The molecule has 0 spiro atoms. The Labute approximate surface area is 255 Å². The van der Waals surface area contributed by atoms with Gasteiger partial charge in [-0.3, -0.25) is 9.69 Å². The minimum Gasteiger partial charge on any atom is -0.467 e. The van der Waals surface area contributed by atoms with Crippen molar-refractivity contribution in [3.05, 3.63) is 77.2 Å². The largest absolute Gasteiger partial charge is 0.467 e. The summed E-state index contributed by atoms with van der Waals surface area (Å²) in [6.07, 6.45) is 4.53. The van der Waals surface area contributed by atoms with Gasteiger partial charge < -0.3 is 34.1 Å². The van der Waals surface area contributed by atoms with Gasteiger partial charge in [-0.05, 0) is 48.7 Å². The summed E-state index contributed by atoms with van der Waals surface area (Å²) < 4.78 is 22.0. The average molecular weight is 598 g/mol. The van der Waals surface area contributed by atoms with Gasteiger partial charge in [0, 0.05) is 74.9 Å². The molecule has 12 nitrogen and oxygen atoms in total. The van der Waals surface area contributed by atoms with Crippen LogP contribution in [0.5, 0.6) is 17.2 Å². The standard InChI is InChI=1S/C32H35N7O5/c1-21-12-29(37-32(36-21)31-34-8-9-35-31)39-11-10-38(16-23-3-4-26-24(13-23)18-41-19-42-26)25(17-39)15-30(40)33-7-6-22-2-5-27-28(14-22)44-20-43-27/h2-5,8-9,12-14,25H,6-7,10-11,15-20H2,1H3,(H,33,40)(H,34,35). The number of carbonyl (C=O) groups excluding carboxylic acids is 1. The van der Waals surface area contributed by atoms with E-state index < -0.39 is 0 Å². The zero-order chi connectivity index (χ0) is 29.9. The fourth-order valence-corrected chi connectivity index (χ4v) is 5.92. The van der Waals surface area contributed by atoms with E-state index in [9.17, 15) is 4.79 Å². The Balaban J connectivity index is 1.05. The van der Waals surface area contributed by atoms with E-state index >= 15 is 0 Å². The van der Waals surface area contributed by atoms with Crippen molar-refractivity contribution in [3.63, 3.8) is 0 Å². The quantitative estimate of drug-likeness (QED) is 0.297. The number of imidazole rings is 1. The van der Waals surface area contributed by atoms with Crippen LogP contribution in [0.2, 0.25) is 0 Å². The van der Waals surface area contributed by atoms with E-state index in [0.29, 0.717) is 44.2 Å². The number of ether oxygens (including phenoxy) is 4. The second-order valence-electron chi connectivity index (χ2n) is 11.2. The number of H-pyrrole nitrogens is 1. The Morgan fingerprint density at radius 1 is 1.00 bits per heavy atom. The van der Waals surface area contributed by atoms with Crippen LogP contribution in [0.4, 0.5) is 5.82 Å². The van der Waals surface area contributed by atoms with Crippen LogP contribution in [0.1, 0.15) is 28.8 Å². The van der Waals surface area contributed by atoms with E-state index in [-0.39, 0.29) is 25.5 Å². The second-order valence-corrected chi connectivity index (χ2v) is 11.2. The Bertz CT molecular complexity index is 1630. The Morgan fingerprint density at radius 3 is 2.77 bits per heavy atom. The number of piperazine rings is 1. The summed E-state index contributed by atoms with van der Waals surface area (Å²) in [5.41, 5.74) is 4.16.